The lowest BCUT2D eigenvalue weighted by Gasteiger charge is -2.46. The first-order chi connectivity index (χ1) is 9.76. The van der Waals surface area contributed by atoms with Gasteiger partial charge in [0.05, 0.1) is 6.54 Å². The molecule has 2 rings (SSSR count). The van der Waals surface area contributed by atoms with E-state index in [9.17, 15) is 4.79 Å². The summed E-state index contributed by atoms with van der Waals surface area (Å²) in [6.07, 6.45) is 7.99. The summed E-state index contributed by atoms with van der Waals surface area (Å²) in [4.78, 5) is 12.0. The minimum atomic E-state index is -0.0870. The van der Waals surface area contributed by atoms with E-state index < -0.39 is 0 Å². The van der Waals surface area contributed by atoms with Crippen molar-refractivity contribution in [2.45, 2.75) is 95.9 Å². The minimum absolute atomic E-state index is 0.0870. The highest BCUT2D eigenvalue weighted by Gasteiger charge is 2.37. The number of nitrogens with one attached hydrogen (secondary N) is 2. The van der Waals surface area contributed by atoms with Crippen molar-refractivity contribution in [3.63, 3.8) is 0 Å². The van der Waals surface area contributed by atoms with Crippen LogP contribution in [0.15, 0.2) is 0 Å². The standard InChI is InChI=1S/C17H32N2O2/c1-16(2)10-13(11-17(3,4)19-16)18-12-15(20)21-14-8-6-5-7-9-14/h13-14,18-19H,5-12H2,1-4H3. The van der Waals surface area contributed by atoms with Gasteiger partial charge in [-0.1, -0.05) is 6.42 Å². The molecule has 0 aromatic carbocycles. The molecule has 4 nitrogen and oxygen atoms in total. The summed E-state index contributed by atoms with van der Waals surface area (Å²) in [5, 5.41) is 7.07. The van der Waals surface area contributed by atoms with Gasteiger partial charge >= 0.3 is 5.97 Å². The fourth-order valence-electron chi connectivity index (χ4n) is 4.10. The number of ether oxygens (including phenoxy) is 1. The Labute approximate surface area is 129 Å². The summed E-state index contributed by atoms with van der Waals surface area (Å²) in [5.41, 5.74) is 0.208. The summed E-state index contributed by atoms with van der Waals surface area (Å²) in [6.45, 7) is 9.24. The molecular weight excluding hydrogens is 264 g/mol. The third-order valence-electron chi connectivity index (χ3n) is 4.58. The number of piperidine rings is 1. The Morgan fingerprint density at radius 2 is 1.67 bits per heavy atom. The van der Waals surface area contributed by atoms with Crippen LogP contribution in [0.4, 0.5) is 0 Å². The van der Waals surface area contributed by atoms with Gasteiger partial charge in [-0.3, -0.25) is 4.79 Å². The van der Waals surface area contributed by atoms with Crippen molar-refractivity contribution in [2.75, 3.05) is 6.54 Å². The molecule has 1 saturated heterocycles. The lowest BCUT2D eigenvalue weighted by Crippen LogP contribution is -2.62. The van der Waals surface area contributed by atoms with E-state index in [-0.39, 0.29) is 23.2 Å². The molecule has 1 heterocycles. The van der Waals surface area contributed by atoms with Gasteiger partial charge in [0.1, 0.15) is 6.10 Å². The van der Waals surface area contributed by atoms with E-state index in [2.05, 4.69) is 38.3 Å². The number of hydrogen-bond acceptors (Lipinski definition) is 4. The maximum atomic E-state index is 12.0. The largest absolute Gasteiger partial charge is 0.461 e. The molecule has 0 spiro atoms. The van der Waals surface area contributed by atoms with Crippen molar-refractivity contribution in [3.8, 4) is 0 Å². The van der Waals surface area contributed by atoms with Crippen molar-refractivity contribution in [2.24, 2.45) is 0 Å². The lowest BCUT2D eigenvalue weighted by atomic mass is 9.79. The molecule has 0 amide bonds. The van der Waals surface area contributed by atoms with Crippen molar-refractivity contribution in [1.82, 2.24) is 10.6 Å². The highest BCUT2D eigenvalue weighted by Crippen LogP contribution is 2.28. The van der Waals surface area contributed by atoms with Crippen LogP contribution < -0.4 is 10.6 Å². The Balaban J connectivity index is 1.75. The van der Waals surface area contributed by atoms with Gasteiger partial charge in [0, 0.05) is 17.1 Å². The van der Waals surface area contributed by atoms with Crippen molar-refractivity contribution < 1.29 is 9.53 Å². The van der Waals surface area contributed by atoms with Crippen molar-refractivity contribution in [3.05, 3.63) is 0 Å². The molecule has 0 aromatic heterocycles. The molecule has 4 heteroatoms. The first-order valence-corrected chi connectivity index (χ1v) is 8.48. The van der Waals surface area contributed by atoms with Crippen LogP contribution in [-0.4, -0.2) is 35.7 Å². The van der Waals surface area contributed by atoms with Crippen LogP contribution in [-0.2, 0) is 9.53 Å². The maximum Gasteiger partial charge on any atom is 0.320 e. The van der Waals surface area contributed by atoms with Crippen LogP contribution >= 0.6 is 0 Å². The third kappa shape index (κ3) is 5.59. The van der Waals surface area contributed by atoms with Gasteiger partial charge in [-0.05, 0) is 66.2 Å². The quantitative estimate of drug-likeness (QED) is 0.783. The summed E-state index contributed by atoms with van der Waals surface area (Å²) in [5.74, 6) is -0.0870. The first-order valence-electron chi connectivity index (χ1n) is 8.48. The number of rotatable bonds is 4. The summed E-state index contributed by atoms with van der Waals surface area (Å²) in [7, 11) is 0. The Hall–Kier alpha value is -0.610. The van der Waals surface area contributed by atoms with Gasteiger partial charge in [-0.15, -0.1) is 0 Å². The highest BCUT2D eigenvalue weighted by atomic mass is 16.5. The number of esters is 1. The van der Waals surface area contributed by atoms with Gasteiger partial charge in [-0.25, -0.2) is 0 Å². The average molecular weight is 296 g/mol. The highest BCUT2D eigenvalue weighted by molar-refractivity contribution is 5.71. The second-order valence-corrected chi connectivity index (χ2v) is 8.13. The molecule has 21 heavy (non-hydrogen) atoms. The van der Waals surface area contributed by atoms with Crippen LogP contribution in [0.1, 0.15) is 72.6 Å². The molecule has 1 aliphatic heterocycles. The molecule has 2 N–H and O–H groups in total. The Kier molecular flexibility index (Phi) is 5.31. The monoisotopic (exact) mass is 296 g/mol. The minimum Gasteiger partial charge on any atom is -0.461 e. The Bertz CT molecular complexity index is 344. The molecule has 2 fully saturated rings. The van der Waals surface area contributed by atoms with Crippen LogP contribution in [0.25, 0.3) is 0 Å². The van der Waals surface area contributed by atoms with Crippen molar-refractivity contribution >= 4 is 5.97 Å². The summed E-state index contributed by atoms with van der Waals surface area (Å²) < 4.78 is 5.57. The van der Waals surface area contributed by atoms with E-state index in [0.717, 1.165) is 25.7 Å². The molecule has 0 bridgehead atoms. The second-order valence-electron chi connectivity index (χ2n) is 8.13. The predicted molar refractivity (Wildman–Crippen MR) is 85.3 cm³/mol. The number of carbonyl (C=O) groups is 1. The van der Waals surface area contributed by atoms with Crippen LogP contribution in [0, 0.1) is 0 Å². The molecule has 122 valence electrons. The van der Waals surface area contributed by atoms with Crippen LogP contribution in [0.5, 0.6) is 0 Å². The van der Waals surface area contributed by atoms with E-state index in [4.69, 9.17) is 4.74 Å². The summed E-state index contributed by atoms with van der Waals surface area (Å²) >= 11 is 0. The molecule has 0 atom stereocenters. The van der Waals surface area contributed by atoms with Crippen LogP contribution in [0.3, 0.4) is 0 Å². The van der Waals surface area contributed by atoms with Gasteiger partial charge in [0.15, 0.2) is 0 Å². The van der Waals surface area contributed by atoms with Gasteiger partial charge in [-0.2, -0.15) is 0 Å². The van der Waals surface area contributed by atoms with E-state index in [1.165, 1.54) is 19.3 Å². The molecular formula is C17H32N2O2. The number of hydrogen-bond donors (Lipinski definition) is 2. The first kappa shape index (κ1) is 16.8. The zero-order valence-electron chi connectivity index (χ0n) is 14.1. The summed E-state index contributed by atoms with van der Waals surface area (Å²) in [6, 6.07) is 0.371. The number of carbonyl (C=O) groups excluding carboxylic acids is 1. The Morgan fingerprint density at radius 3 is 2.24 bits per heavy atom. The fourth-order valence-corrected chi connectivity index (χ4v) is 4.10. The molecule has 2 aliphatic rings. The van der Waals surface area contributed by atoms with Gasteiger partial charge in [0.25, 0.3) is 0 Å². The SMILES string of the molecule is CC1(C)CC(NCC(=O)OC2CCCCC2)CC(C)(C)N1. The third-order valence-corrected chi connectivity index (χ3v) is 4.58. The Morgan fingerprint density at radius 1 is 1.10 bits per heavy atom. The van der Waals surface area contributed by atoms with E-state index in [1.807, 2.05) is 0 Å². The topological polar surface area (TPSA) is 50.4 Å². The van der Waals surface area contributed by atoms with Gasteiger partial charge in [0.2, 0.25) is 0 Å². The zero-order chi connectivity index (χ0) is 15.5. The molecule has 1 saturated carbocycles. The fraction of sp³-hybridized carbons (Fsp3) is 0.941. The smallest absolute Gasteiger partial charge is 0.320 e. The molecule has 0 aromatic rings. The lowest BCUT2D eigenvalue weighted by molar-refractivity contribution is -0.149. The predicted octanol–water partition coefficient (Wildman–Crippen LogP) is 2.76. The molecule has 0 radical (unpaired) electrons. The average Bonchev–Trinajstić information content (AvgIpc) is 2.34. The van der Waals surface area contributed by atoms with Crippen molar-refractivity contribution in [1.29, 1.82) is 0 Å². The second kappa shape index (κ2) is 6.66. The van der Waals surface area contributed by atoms with E-state index >= 15 is 0 Å². The van der Waals surface area contributed by atoms with E-state index in [0.29, 0.717) is 12.6 Å². The van der Waals surface area contributed by atoms with E-state index in [1.54, 1.807) is 0 Å². The zero-order valence-corrected chi connectivity index (χ0v) is 14.1. The normalized spacial score (nSPS) is 26.5. The molecule has 0 unspecified atom stereocenters. The van der Waals surface area contributed by atoms with Gasteiger partial charge < -0.3 is 15.4 Å². The molecule has 1 aliphatic carbocycles. The maximum absolute atomic E-state index is 12.0. The van der Waals surface area contributed by atoms with Crippen LogP contribution in [0.2, 0.25) is 0 Å².